The average Bonchev–Trinajstić information content (AvgIpc) is 1.87. The number of hydrogen-bond donors (Lipinski definition) is 2. The third kappa shape index (κ3) is 6.32. The summed E-state index contributed by atoms with van der Waals surface area (Å²) in [6.07, 6.45) is 3.45. The van der Waals surface area contributed by atoms with Crippen LogP contribution in [0.1, 0.15) is 47.0 Å². The van der Waals surface area contributed by atoms with E-state index in [-0.39, 0.29) is 5.54 Å². The van der Waals surface area contributed by atoms with Crippen molar-refractivity contribution in [3.05, 3.63) is 0 Å². The maximum absolute atomic E-state index is 8.71. The van der Waals surface area contributed by atoms with Crippen LogP contribution in [0.4, 0.5) is 0 Å². The van der Waals surface area contributed by atoms with Gasteiger partial charge in [-0.2, -0.15) is 0 Å². The summed E-state index contributed by atoms with van der Waals surface area (Å²) in [5, 5.41) is 8.71. The molecule has 0 aliphatic rings. The summed E-state index contributed by atoms with van der Waals surface area (Å²) in [5.74, 6) is 0.768. The first-order valence-corrected chi connectivity index (χ1v) is 4.39. The third-order valence-electron chi connectivity index (χ3n) is 1.89. The molecule has 2 nitrogen and oxygen atoms in total. The first-order valence-electron chi connectivity index (χ1n) is 4.39. The summed E-state index contributed by atoms with van der Waals surface area (Å²) in [7, 11) is 0. The van der Waals surface area contributed by atoms with Crippen molar-refractivity contribution in [2.45, 2.75) is 52.5 Å². The van der Waals surface area contributed by atoms with Crippen molar-refractivity contribution in [3.63, 3.8) is 0 Å². The minimum atomic E-state index is -0.116. The van der Waals surface area contributed by atoms with Crippen LogP contribution in [0, 0.1) is 5.92 Å². The molecule has 2 N–H and O–H groups in total. The molecule has 0 heterocycles. The Kier molecular flexibility index (Phi) is 4.69. The summed E-state index contributed by atoms with van der Waals surface area (Å²) in [4.78, 5) is 0. The Balaban J connectivity index is 3.38. The summed E-state index contributed by atoms with van der Waals surface area (Å²) in [6, 6.07) is 0. The highest BCUT2D eigenvalue weighted by Crippen LogP contribution is 2.14. The van der Waals surface area contributed by atoms with Crippen LogP contribution in [-0.4, -0.2) is 10.7 Å². The Morgan fingerprint density at radius 1 is 1.36 bits per heavy atom. The summed E-state index contributed by atoms with van der Waals surface area (Å²) in [5.41, 5.74) is 2.20. The molecule has 0 bridgehead atoms. The molecule has 68 valence electrons. The zero-order valence-corrected chi connectivity index (χ0v) is 8.15. The monoisotopic (exact) mass is 159 g/mol. The molecular weight excluding hydrogens is 138 g/mol. The number of hydroxylamine groups is 1. The predicted octanol–water partition coefficient (Wildman–Crippen LogP) is 2.57. The fourth-order valence-corrected chi connectivity index (χ4v) is 1.01. The maximum atomic E-state index is 8.71. The van der Waals surface area contributed by atoms with Gasteiger partial charge in [-0.15, -0.1) is 0 Å². The van der Waals surface area contributed by atoms with E-state index in [1.54, 1.807) is 0 Å². The van der Waals surface area contributed by atoms with Crippen molar-refractivity contribution in [2.24, 2.45) is 5.92 Å². The highest BCUT2D eigenvalue weighted by atomic mass is 16.5. The van der Waals surface area contributed by atoms with E-state index in [2.05, 4.69) is 19.3 Å². The van der Waals surface area contributed by atoms with Crippen LogP contribution in [0.25, 0.3) is 0 Å². The topological polar surface area (TPSA) is 32.3 Å². The molecule has 0 saturated carbocycles. The molecule has 0 aromatic carbocycles. The molecule has 0 radical (unpaired) electrons. The largest absolute Gasteiger partial charge is 0.316 e. The molecule has 0 fully saturated rings. The molecule has 11 heavy (non-hydrogen) atoms. The first kappa shape index (κ1) is 10.9. The molecule has 2 heteroatoms. The van der Waals surface area contributed by atoms with Crippen LogP contribution in [0.2, 0.25) is 0 Å². The third-order valence-corrected chi connectivity index (χ3v) is 1.89. The Labute approximate surface area is 70.0 Å². The highest BCUT2D eigenvalue weighted by Gasteiger charge is 2.14. The van der Waals surface area contributed by atoms with Crippen molar-refractivity contribution < 1.29 is 5.21 Å². The molecular formula is C9H21NO. The fourth-order valence-electron chi connectivity index (χ4n) is 1.01. The van der Waals surface area contributed by atoms with Gasteiger partial charge in [0.1, 0.15) is 0 Å². The Hall–Kier alpha value is -0.0800. The van der Waals surface area contributed by atoms with E-state index in [0.29, 0.717) is 0 Å². The Morgan fingerprint density at radius 2 is 1.91 bits per heavy atom. The van der Waals surface area contributed by atoms with Gasteiger partial charge in [0.05, 0.1) is 0 Å². The molecule has 0 atom stereocenters. The number of nitrogens with one attached hydrogen (secondary N) is 1. The van der Waals surface area contributed by atoms with Crippen LogP contribution in [0.3, 0.4) is 0 Å². The molecule has 0 aromatic rings. The van der Waals surface area contributed by atoms with Crippen molar-refractivity contribution >= 4 is 0 Å². The second kappa shape index (κ2) is 4.73. The highest BCUT2D eigenvalue weighted by molar-refractivity contribution is 4.72. The molecule has 0 spiro atoms. The molecule has 0 saturated heterocycles. The van der Waals surface area contributed by atoms with Crippen LogP contribution < -0.4 is 5.48 Å². The van der Waals surface area contributed by atoms with Gasteiger partial charge in [0.15, 0.2) is 0 Å². The van der Waals surface area contributed by atoms with Crippen LogP contribution in [0.15, 0.2) is 0 Å². The van der Waals surface area contributed by atoms with Crippen molar-refractivity contribution in [1.82, 2.24) is 5.48 Å². The lowest BCUT2D eigenvalue weighted by molar-refractivity contribution is 0.0744. The Morgan fingerprint density at radius 3 is 2.27 bits per heavy atom. The minimum Gasteiger partial charge on any atom is -0.316 e. The van der Waals surface area contributed by atoms with E-state index in [1.807, 2.05) is 13.8 Å². The molecule has 0 unspecified atom stereocenters. The lowest BCUT2D eigenvalue weighted by Gasteiger charge is -2.22. The van der Waals surface area contributed by atoms with E-state index < -0.39 is 0 Å². The second-order valence-corrected chi connectivity index (χ2v) is 4.28. The van der Waals surface area contributed by atoms with Gasteiger partial charge in [-0.05, 0) is 26.2 Å². The number of hydrogen-bond acceptors (Lipinski definition) is 2. The van der Waals surface area contributed by atoms with Gasteiger partial charge in [-0.25, -0.2) is 5.48 Å². The molecule has 0 aliphatic heterocycles. The average molecular weight is 159 g/mol. The van der Waals surface area contributed by atoms with Crippen molar-refractivity contribution in [3.8, 4) is 0 Å². The van der Waals surface area contributed by atoms with Gasteiger partial charge in [-0.3, -0.25) is 0 Å². The van der Waals surface area contributed by atoms with Gasteiger partial charge >= 0.3 is 0 Å². The zero-order chi connectivity index (χ0) is 8.91. The SMILES string of the molecule is CC(C)CCCC(C)(C)NO. The molecule has 0 amide bonds. The van der Waals surface area contributed by atoms with Gasteiger partial charge in [-0.1, -0.05) is 26.7 Å². The fraction of sp³-hybridized carbons (Fsp3) is 1.00. The van der Waals surface area contributed by atoms with Crippen LogP contribution >= 0.6 is 0 Å². The van der Waals surface area contributed by atoms with Gasteiger partial charge in [0.2, 0.25) is 0 Å². The van der Waals surface area contributed by atoms with Crippen LogP contribution in [0.5, 0.6) is 0 Å². The van der Waals surface area contributed by atoms with Gasteiger partial charge in [0.25, 0.3) is 0 Å². The normalized spacial score (nSPS) is 12.5. The molecule has 0 aliphatic carbocycles. The van der Waals surface area contributed by atoms with E-state index in [0.717, 1.165) is 12.3 Å². The standard InChI is InChI=1S/C9H21NO/c1-8(2)6-5-7-9(3,4)10-11/h8,10-11H,5-7H2,1-4H3. The zero-order valence-electron chi connectivity index (χ0n) is 8.15. The van der Waals surface area contributed by atoms with Crippen molar-refractivity contribution in [2.75, 3.05) is 0 Å². The smallest absolute Gasteiger partial charge is 0.0373 e. The summed E-state index contributed by atoms with van der Waals surface area (Å²) >= 11 is 0. The summed E-state index contributed by atoms with van der Waals surface area (Å²) < 4.78 is 0. The second-order valence-electron chi connectivity index (χ2n) is 4.28. The quantitative estimate of drug-likeness (QED) is 0.604. The van der Waals surface area contributed by atoms with Crippen LogP contribution in [-0.2, 0) is 0 Å². The molecule has 0 aromatic heterocycles. The van der Waals surface area contributed by atoms with E-state index >= 15 is 0 Å². The first-order chi connectivity index (χ1) is 4.98. The lowest BCUT2D eigenvalue weighted by Crippen LogP contribution is -2.36. The predicted molar refractivity (Wildman–Crippen MR) is 47.7 cm³/mol. The summed E-state index contributed by atoms with van der Waals surface area (Å²) in [6.45, 7) is 8.46. The van der Waals surface area contributed by atoms with E-state index in [9.17, 15) is 0 Å². The van der Waals surface area contributed by atoms with E-state index in [1.165, 1.54) is 12.8 Å². The van der Waals surface area contributed by atoms with E-state index in [4.69, 9.17) is 5.21 Å². The minimum absolute atomic E-state index is 0.116. The lowest BCUT2D eigenvalue weighted by atomic mass is 9.95. The number of rotatable bonds is 5. The van der Waals surface area contributed by atoms with Crippen molar-refractivity contribution in [1.29, 1.82) is 0 Å². The molecule has 0 rings (SSSR count). The maximum Gasteiger partial charge on any atom is 0.0373 e. The van der Waals surface area contributed by atoms with Gasteiger partial charge < -0.3 is 5.21 Å². The van der Waals surface area contributed by atoms with Gasteiger partial charge in [0, 0.05) is 5.54 Å². The Bertz CT molecular complexity index is 99.7.